The fourth-order valence-electron chi connectivity index (χ4n) is 4.06. The van der Waals surface area contributed by atoms with Gasteiger partial charge in [-0.1, -0.05) is 31.2 Å². The molecule has 2 atom stereocenters. The Morgan fingerprint density at radius 2 is 1.96 bits per heavy atom. The van der Waals surface area contributed by atoms with Crippen molar-refractivity contribution in [3.05, 3.63) is 35.4 Å². The molecule has 0 bridgehead atoms. The van der Waals surface area contributed by atoms with E-state index in [1.54, 1.807) is 0 Å². The molecule has 1 aromatic carbocycles. The summed E-state index contributed by atoms with van der Waals surface area (Å²) in [5, 5.41) is 7.72. The molecule has 2 unspecified atom stereocenters. The third-order valence-electron chi connectivity index (χ3n) is 5.48. The Morgan fingerprint density at radius 1 is 1.21 bits per heavy atom. The summed E-state index contributed by atoms with van der Waals surface area (Å²) in [5.41, 5.74) is 2.56. The van der Waals surface area contributed by atoms with E-state index in [0.29, 0.717) is 19.0 Å². The molecule has 3 rings (SSSR count). The summed E-state index contributed by atoms with van der Waals surface area (Å²) in [6.07, 6.45) is 5.09. The first kappa shape index (κ1) is 21.0. The molecule has 0 spiro atoms. The highest BCUT2D eigenvalue weighted by Gasteiger charge is 2.25. The summed E-state index contributed by atoms with van der Waals surface area (Å²) < 4.78 is 0. The topological polar surface area (TPSA) is 56.7 Å². The van der Waals surface area contributed by atoms with Crippen LogP contribution in [-0.4, -0.2) is 46.9 Å². The maximum atomic E-state index is 12.5. The number of fused-ring (bicyclic) bond motifs is 1. The van der Waals surface area contributed by atoms with Gasteiger partial charge in [-0.3, -0.25) is 9.79 Å². The Bertz CT molecular complexity index is 653. The van der Waals surface area contributed by atoms with Gasteiger partial charge in [0, 0.05) is 43.9 Å². The van der Waals surface area contributed by atoms with Crippen LogP contribution >= 0.6 is 11.8 Å². The van der Waals surface area contributed by atoms with Crippen molar-refractivity contribution in [2.24, 2.45) is 4.99 Å². The molecule has 1 fully saturated rings. The summed E-state index contributed by atoms with van der Waals surface area (Å²) in [7, 11) is 0. The molecule has 5 nitrogen and oxygen atoms in total. The van der Waals surface area contributed by atoms with Crippen LogP contribution in [0.15, 0.2) is 29.3 Å². The number of guanidine groups is 1. The number of benzene rings is 1. The number of aliphatic imine (C=N–C) groups is 1. The van der Waals surface area contributed by atoms with Gasteiger partial charge in [0.2, 0.25) is 5.91 Å². The van der Waals surface area contributed by atoms with Crippen molar-refractivity contribution >= 4 is 23.6 Å². The van der Waals surface area contributed by atoms with Gasteiger partial charge in [-0.15, -0.1) is 0 Å². The predicted octanol–water partition coefficient (Wildman–Crippen LogP) is 3.54. The molecular weight excluding hydrogens is 368 g/mol. The van der Waals surface area contributed by atoms with E-state index in [2.05, 4.69) is 48.4 Å². The number of carbonyl (C=O) groups is 1. The maximum Gasteiger partial charge on any atom is 0.223 e. The zero-order valence-corrected chi connectivity index (χ0v) is 18.1. The lowest BCUT2D eigenvalue weighted by molar-refractivity contribution is -0.131. The minimum atomic E-state index is 0.236. The molecule has 154 valence electrons. The molecule has 1 heterocycles. The standard InChI is InChI=1S/C22H34N4OS/c1-3-23-22(25-19-11-12-20(14-19)28-4-2)24-13-7-10-21(27)26-15-17-8-5-6-9-18(17)16-26/h5-6,8-9,19-20H,3-4,7,10-16H2,1-2H3,(H2,23,24,25). The fraction of sp³-hybridized carbons (Fsp3) is 0.636. The molecule has 1 aromatic rings. The van der Waals surface area contributed by atoms with Crippen LogP contribution in [0.3, 0.4) is 0 Å². The minimum absolute atomic E-state index is 0.236. The van der Waals surface area contributed by atoms with E-state index in [1.807, 2.05) is 17.0 Å². The molecule has 1 aliphatic carbocycles. The van der Waals surface area contributed by atoms with Gasteiger partial charge < -0.3 is 15.5 Å². The molecule has 6 heteroatoms. The second kappa shape index (κ2) is 10.7. The SMILES string of the molecule is CCNC(=NCCCC(=O)N1Cc2ccccc2C1)NC1CCC(SCC)C1. The van der Waals surface area contributed by atoms with Gasteiger partial charge in [-0.05, 0) is 49.5 Å². The molecule has 0 radical (unpaired) electrons. The van der Waals surface area contributed by atoms with Crippen molar-refractivity contribution in [2.45, 2.75) is 70.3 Å². The van der Waals surface area contributed by atoms with Crippen LogP contribution in [0.1, 0.15) is 57.1 Å². The minimum Gasteiger partial charge on any atom is -0.357 e. The Balaban J connectivity index is 1.40. The monoisotopic (exact) mass is 402 g/mol. The number of thioether (sulfide) groups is 1. The van der Waals surface area contributed by atoms with Crippen molar-refractivity contribution in [2.75, 3.05) is 18.8 Å². The molecule has 1 aliphatic heterocycles. The average Bonchev–Trinajstić information content (AvgIpc) is 3.32. The van der Waals surface area contributed by atoms with Gasteiger partial charge in [-0.2, -0.15) is 11.8 Å². The first-order valence-electron chi connectivity index (χ1n) is 10.7. The maximum absolute atomic E-state index is 12.5. The number of nitrogens with zero attached hydrogens (tertiary/aromatic N) is 2. The van der Waals surface area contributed by atoms with E-state index in [0.717, 1.165) is 37.3 Å². The van der Waals surface area contributed by atoms with Crippen LogP contribution in [0.5, 0.6) is 0 Å². The van der Waals surface area contributed by atoms with Crippen LogP contribution in [-0.2, 0) is 17.9 Å². The highest BCUT2D eigenvalue weighted by Crippen LogP contribution is 2.29. The van der Waals surface area contributed by atoms with Gasteiger partial charge in [0.15, 0.2) is 5.96 Å². The van der Waals surface area contributed by atoms with Crippen molar-refractivity contribution < 1.29 is 4.79 Å². The van der Waals surface area contributed by atoms with Gasteiger partial charge in [0.05, 0.1) is 0 Å². The summed E-state index contributed by atoms with van der Waals surface area (Å²) >= 11 is 2.07. The first-order valence-corrected chi connectivity index (χ1v) is 11.8. The third-order valence-corrected chi connectivity index (χ3v) is 6.72. The molecule has 0 aromatic heterocycles. The molecule has 1 saturated carbocycles. The second-order valence-electron chi connectivity index (χ2n) is 7.61. The van der Waals surface area contributed by atoms with Gasteiger partial charge in [0.1, 0.15) is 0 Å². The van der Waals surface area contributed by atoms with Crippen molar-refractivity contribution in [1.29, 1.82) is 0 Å². The quantitative estimate of drug-likeness (QED) is 0.397. The van der Waals surface area contributed by atoms with E-state index in [9.17, 15) is 4.79 Å². The van der Waals surface area contributed by atoms with E-state index in [1.165, 1.54) is 36.1 Å². The Hall–Kier alpha value is -1.69. The number of amides is 1. The largest absolute Gasteiger partial charge is 0.357 e. The molecular formula is C22H34N4OS. The summed E-state index contributed by atoms with van der Waals surface area (Å²) in [6, 6.07) is 8.85. The lowest BCUT2D eigenvalue weighted by Crippen LogP contribution is -2.42. The van der Waals surface area contributed by atoms with Crippen LogP contribution < -0.4 is 10.6 Å². The Kier molecular flexibility index (Phi) is 8.07. The normalized spacial score (nSPS) is 21.6. The lowest BCUT2D eigenvalue weighted by Gasteiger charge is -2.17. The summed E-state index contributed by atoms with van der Waals surface area (Å²) in [6.45, 7) is 7.37. The number of hydrogen-bond acceptors (Lipinski definition) is 3. The van der Waals surface area contributed by atoms with E-state index in [4.69, 9.17) is 4.99 Å². The number of carbonyl (C=O) groups excluding carboxylic acids is 1. The molecule has 2 N–H and O–H groups in total. The van der Waals surface area contributed by atoms with Crippen molar-refractivity contribution in [3.8, 4) is 0 Å². The van der Waals surface area contributed by atoms with Gasteiger partial charge >= 0.3 is 0 Å². The number of hydrogen-bond donors (Lipinski definition) is 2. The van der Waals surface area contributed by atoms with Gasteiger partial charge in [-0.25, -0.2) is 0 Å². The number of rotatable bonds is 8. The van der Waals surface area contributed by atoms with Gasteiger partial charge in [0.25, 0.3) is 0 Å². The molecule has 2 aliphatic rings. The Labute approximate surface area is 173 Å². The van der Waals surface area contributed by atoms with Crippen LogP contribution in [0.4, 0.5) is 0 Å². The average molecular weight is 403 g/mol. The summed E-state index contributed by atoms with van der Waals surface area (Å²) in [5.74, 6) is 2.33. The zero-order chi connectivity index (χ0) is 19.8. The van der Waals surface area contributed by atoms with Crippen molar-refractivity contribution in [1.82, 2.24) is 15.5 Å². The van der Waals surface area contributed by atoms with E-state index >= 15 is 0 Å². The second-order valence-corrected chi connectivity index (χ2v) is 9.19. The van der Waals surface area contributed by atoms with Crippen LogP contribution in [0.25, 0.3) is 0 Å². The molecule has 28 heavy (non-hydrogen) atoms. The highest BCUT2D eigenvalue weighted by atomic mass is 32.2. The fourth-order valence-corrected chi connectivity index (χ4v) is 5.20. The third kappa shape index (κ3) is 5.90. The zero-order valence-electron chi connectivity index (χ0n) is 17.2. The molecule has 1 amide bonds. The number of nitrogens with one attached hydrogen (secondary N) is 2. The highest BCUT2D eigenvalue weighted by molar-refractivity contribution is 7.99. The lowest BCUT2D eigenvalue weighted by atomic mass is 10.1. The van der Waals surface area contributed by atoms with E-state index < -0.39 is 0 Å². The van der Waals surface area contributed by atoms with Crippen LogP contribution in [0.2, 0.25) is 0 Å². The smallest absolute Gasteiger partial charge is 0.223 e. The first-order chi connectivity index (χ1) is 13.7. The predicted molar refractivity (Wildman–Crippen MR) is 119 cm³/mol. The molecule has 0 saturated heterocycles. The van der Waals surface area contributed by atoms with Crippen molar-refractivity contribution in [3.63, 3.8) is 0 Å². The van der Waals surface area contributed by atoms with E-state index in [-0.39, 0.29) is 5.91 Å². The van der Waals surface area contributed by atoms with Crippen LogP contribution in [0, 0.1) is 0 Å². The Morgan fingerprint density at radius 3 is 2.64 bits per heavy atom. The summed E-state index contributed by atoms with van der Waals surface area (Å²) in [4.78, 5) is 19.2.